The van der Waals surface area contributed by atoms with Crippen LogP contribution in [0.5, 0.6) is 5.75 Å². The monoisotopic (exact) mass is 454 g/mol. The van der Waals surface area contributed by atoms with Gasteiger partial charge in [0, 0.05) is 25.5 Å². The summed E-state index contributed by atoms with van der Waals surface area (Å²) in [5.74, 6) is 0.772. The number of ether oxygens (including phenoxy) is 1. The van der Waals surface area contributed by atoms with Crippen molar-refractivity contribution < 1.29 is 9.53 Å². The number of hydrogen-bond donors (Lipinski definition) is 0. The number of imidazole rings is 1. The van der Waals surface area contributed by atoms with Gasteiger partial charge >= 0.3 is 0 Å². The average molecular weight is 455 g/mol. The molecule has 8 heteroatoms. The smallest absolute Gasteiger partial charge is 0.233 e. The van der Waals surface area contributed by atoms with Crippen LogP contribution < -0.4 is 9.64 Å². The molecule has 0 unspecified atom stereocenters. The fourth-order valence-corrected chi connectivity index (χ4v) is 4.74. The van der Waals surface area contributed by atoms with E-state index in [0.29, 0.717) is 16.7 Å². The Hall–Kier alpha value is -2.90. The lowest BCUT2D eigenvalue weighted by molar-refractivity contribution is -0.118. The summed E-state index contributed by atoms with van der Waals surface area (Å²) in [4.78, 5) is 24.0. The maximum atomic E-state index is 13.3. The standard InChI is InChI=1S/C23H23ClN4O2S/c1-16-4-9-19(24)22-21(16)26-23(31-22)28(12-3-11-27-13-10-25-15-27)20(29)14-17-5-7-18(30-2)8-6-17/h4-10,13,15H,3,11-12,14H2,1-2H3. The molecule has 0 bridgehead atoms. The lowest BCUT2D eigenvalue weighted by Gasteiger charge is -2.20. The van der Waals surface area contributed by atoms with E-state index in [1.807, 2.05) is 54.1 Å². The molecule has 1 amide bonds. The average Bonchev–Trinajstić information content (AvgIpc) is 3.45. The Bertz CT molecular complexity index is 1130. The first kappa shape index (κ1) is 21.3. The Balaban J connectivity index is 1.59. The van der Waals surface area contributed by atoms with Gasteiger partial charge in [-0.15, -0.1) is 0 Å². The van der Waals surface area contributed by atoms with Crippen LogP contribution in [0.15, 0.2) is 55.1 Å². The van der Waals surface area contributed by atoms with Gasteiger partial charge in [0.1, 0.15) is 5.75 Å². The molecular formula is C23H23ClN4O2S. The largest absolute Gasteiger partial charge is 0.497 e. The van der Waals surface area contributed by atoms with Crippen molar-refractivity contribution in [2.75, 3.05) is 18.6 Å². The van der Waals surface area contributed by atoms with Crippen LogP contribution in [-0.2, 0) is 17.8 Å². The minimum absolute atomic E-state index is 0.00336. The molecule has 0 radical (unpaired) electrons. The summed E-state index contributed by atoms with van der Waals surface area (Å²) in [7, 11) is 1.63. The Morgan fingerprint density at radius 3 is 2.71 bits per heavy atom. The molecule has 0 saturated carbocycles. The highest BCUT2D eigenvalue weighted by atomic mass is 35.5. The number of rotatable bonds is 8. The third-order valence-electron chi connectivity index (χ3n) is 5.09. The zero-order valence-electron chi connectivity index (χ0n) is 17.4. The number of halogens is 1. The van der Waals surface area contributed by atoms with Gasteiger partial charge in [0.2, 0.25) is 5.91 Å². The number of benzene rings is 2. The van der Waals surface area contributed by atoms with Gasteiger partial charge in [-0.25, -0.2) is 9.97 Å². The second-order valence-electron chi connectivity index (χ2n) is 7.26. The van der Waals surface area contributed by atoms with Gasteiger partial charge in [-0.1, -0.05) is 41.1 Å². The first-order valence-electron chi connectivity index (χ1n) is 10.00. The number of anilines is 1. The number of methoxy groups -OCH3 is 1. The molecule has 0 aliphatic heterocycles. The van der Waals surface area contributed by atoms with E-state index < -0.39 is 0 Å². The van der Waals surface area contributed by atoms with Crippen LogP contribution >= 0.6 is 22.9 Å². The zero-order valence-corrected chi connectivity index (χ0v) is 19.0. The molecule has 0 saturated heterocycles. The van der Waals surface area contributed by atoms with Crippen LogP contribution in [0.1, 0.15) is 17.5 Å². The van der Waals surface area contributed by atoms with Crippen LogP contribution in [0.2, 0.25) is 5.02 Å². The first-order chi connectivity index (χ1) is 15.0. The predicted molar refractivity (Wildman–Crippen MR) is 125 cm³/mol. The molecule has 4 aromatic rings. The van der Waals surface area contributed by atoms with E-state index in [-0.39, 0.29) is 12.3 Å². The molecule has 31 heavy (non-hydrogen) atoms. The van der Waals surface area contributed by atoms with E-state index >= 15 is 0 Å². The van der Waals surface area contributed by atoms with Crippen molar-refractivity contribution in [1.82, 2.24) is 14.5 Å². The minimum atomic E-state index is 0.00336. The number of fused-ring (bicyclic) bond motifs is 1. The summed E-state index contributed by atoms with van der Waals surface area (Å²) < 4.78 is 8.13. The van der Waals surface area contributed by atoms with Crippen LogP contribution in [-0.4, -0.2) is 34.1 Å². The van der Waals surface area contributed by atoms with Crippen molar-refractivity contribution in [1.29, 1.82) is 0 Å². The molecule has 0 spiro atoms. The highest BCUT2D eigenvalue weighted by molar-refractivity contribution is 7.23. The molecule has 0 aliphatic carbocycles. The maximum absolute atomic E-state index is 13.3. The van der Waals surface area contributed by atoms with Gasteiger partial charge in [-0.05, 0) is 42.7 Å². The molecule has 2 aromatic carbocycles. The lowest BCUT2D eigenvalue weighted by atomic mass is 10.1. The highest BCUT2D eigenvalue weighted by Gasteiger charge is 2.21. The molecule has 0 N–H and O–H groups in total. The minimum Gasteiger partial charge on any atom is -0.497 e. The molecule has 160 valence electrons. The SMILES string of the molecule is COc1ccc(CC(=O)N(CCCn2ccnc2)c2nc3c(C)ccc(Cl)c3s2)cc1. The van der Waals surface area contributed by atoms with Crippen LogP contribution in [0.3, 0.4) is 0 Å². The number of thiazole rings is 1. The zero-order chi connectivity index (χ0) is 21.8. The summed E-state index contributed by atoms with van der Waals surface area (Å²) in [6, 6.07) is 11.4. The summed E-state index contributed by atoms with van der Waals surface area (Å²) in [5, 5.41) is 1.33. The molecule has 6 nitrogen and oxygen atoms in total. The summed E-state index contributed by atoms with van der Waals surface area (Å²) in [6.07, 6.45) is 6.53. The van der Waals surface area contributed by atoms with Crippen molar-refractivity contribution in [3.05, 3.63) is 71.3 Å². The molecule has 4 rings (SSSR count). The van der Waals surface area contributed by atoms with E-state index in [1.165, 1.54) is 11.3 Å². The molecule has 2 aromatic heterocycles. The van der Waals surface area contributed by atoms with Crippen LogP contribution in [0.4, 0.5) is 5.13 Å². The first-order valence-corrected chi connectivity index (χ1v) is 11.2. The number of amides is 1. The summed E-state index contributed by atoms with van der Waals surface area (Å²) >= 11 is 7.86. The second kappa shape index (κ2) is 9.49. The summed E-state index contributed by atoms with van der Waals surface area (Å²) in [6.45, 7) is 3.34. The van der Waals surface area contributed by atoms with Gasteiger partial charge in [0.15, 0.2) is 5.13 Å². The Morgan fingerprint density at radius 2 is 2.03 bits per heavy atom. The Labute approximate surface area is 190 Å². The van der Waals surface area contributed by atoms with Crippen molar-refractivity contribution >= 4 is 44.2 Å². The van der Waals surface area contributed by atoms with Crippen LogP contribution in [0.25, 0.3) is 10.2 Å². The lowest BCUT2D eigenvalue weighted by Crippen LogP contribution is -2.33. The molecular weight excluding hydrogens is 432 g/mol. The highest BCUT2D eigenvalue weighted by Crippen LogP contribution is 2.36. The van der Waals surface area contributed by atoms with Crippen molar-refractivity contribution in [3.8, 4) is 5.75 Å². The number of hydrogen-bond acceptors (Lipinski definition) is 5. The fraction of sp³-hybridized carbons (Fsp3) is 0.261. The number of carbonyl (C=O) groups excluding carboxylic acids is 1. The number of aryl methyl sites for hydroxylation is 2. The van der Waals surface area contributed by atoms with Gasteiger partial charge in [-0.3, -0.25) is 9.69 Å². The molecule has 0 aliphatic rings. The third kappa shape index (κ3) is 4.89. The van der Waals surface area contributed by atoms with Crippen molar-refractivity contribution in [2.24, 2.45) is 0 Å². The Morgan fingerprint density at radius 1 is 1.23 bits per heavy atom. The van der Waals surface area contributed by atoms with E-state index in [1.54, 1.807) is 24.5 Å². The maximum Gasteiger partial charge on any atom is 0.233 e. The van der Waals surface area contributed by atoms with E-state index in [0.717, 1.165) is 40.1 Å². The van der Waals surface area contributed by atoms with E-state index in [2.05, 4.69) is 4.98 Å². The molecule has 0 atom stereocenters. The van der Waals surface area contributed by atoms with E-state index in [9.17, 15) is 4.79 Å². The fourth-order valence-electron chi connectivity index (χ4n) is 3.38. The van der Waals surface area contributed by atoms with Gasteiger partial charge in [-0.2, -0.15) is 0 Å². The predicted octanol–water partition coefficient (Wildman–Crippen LogP) is 5.13. The second-order valence-corrected chi connectivity index (χ2v) is 8.65. The third-order valence-corrected chi connectivity index (χ3v) is 6.63. The van der Waals surface area contributed by atoms with Gasteiger partial charge in [0.25, 0.3) is 0 Å². The van der Waals surface area contributed by atoms with Gasteiger partial charge < -0.3 is 9.30 Å². The number of carbonyl (C=O) groups is 1. The summed E-state index contributed by atoms with van der Waals surface area (Å²) in [5.41, 5.74) is 2.83. The van der Waals surface area contributed by atoms with Crippen molar-refractivity contribution in [3.63, 3.8) is 0 Å². The number of nitrogens with zero attached hydrogens (tertiary/aromatic N) is 4. The van der Waals surface area contributed by atoms with Crippen molar-refractivity contribution in [2.45, 2.75) is 26.3 Å². The Kier molecular flexibility index (Phi) is 6.53. The molecule has 0 fully saturated rings. The number of aromatic nitrogens is 3. The quantitative estimate of drug-likeness (QED) is 0.370. The van der Waals surface area contributed by atoms with Crippen LogP contribution in [0, 0.1) is 6.92 Å². The van der Waals surface area contributed by atoms with Gasteiger partial charge in [0.05, 0.1) is 35.1 Å². The normalized spacial score (nSPS) is 11.1. The van der Waals surface area contributed by atoms with E-state index in [4.69, 9.17) is 21.3 Å². The topological polar surface area (TPSA) is 60.2 Å². The molecule has 2 heterocycles.